The SMILES string of the molecule is CN1CCC[C@H]1C1=CN(C(c2ccc(C(F)(F)F)cc2)c2nc(C#N)ccc2C(F)(F)F)CC=C1. The topological polar surface area (TPSA) is 43.2 Å². The lowest BCUT2D eigenvalue weighted by atomic mass is 9.94. The molecule has 0 bridgehead atoms. The molecule has 4 nitrogen and oxygen atoms in total. The van der Waals surface area contributed by atoms with E-state index in [1.165, 1.54) is 12.1 Å². The molecule has 184 valence electrons. The average molecular weight is 492 g/mol. The predicted molar refractivity (Wildman–Crippen MR) is 117 cm³/mol. The van der Waals surface area contributed by atoms with Crippen LogP contribution in [0.5, 0.6) is 0 Å². The fourth-order valence-electron chi connectivity index (χ4n) is 4.65. The highest BCUT2D eigenvalue weighted by Gasteiger charge is 2.39. The minimum Gasteiger partial charge on any atom is -0.361 e. The number of likely N-dealkylation sites (tertiary alicyclic amines) is 1. The third kappa shape index (κ3) is 5.20. The summed E-state index contributed by atoms with van der Waals surface area (Å²) in [6.07, 6.45) is -1.98. The van der Waals surface area contributed by atoms with Crippen LogP contribution in [0.15, 0.2) is 60.3 Å². The summed E-state index contributed by atoms with van der Waals surface area (Å²) in [6.45, 7) is 1.11. The summed E-state index contributed by atoms with van der Waals surface area (Å²) in [4.78, 5) is 7.81. The van der Waals surface area contributed by atoms with Gasteiger partial charge in [0.15, 0.2) is 0 Å². The third-order valence-corrected chi connectivity index (χ3v) is 6.34. The molecule has 4 rings (SSSR count). The maximum atomic E-state index is 14.0. The van der Waals surface area contributed by atoms with Gasteiger partial charge in [0.05, 0.1) is 22.9 Å². The number of nitriles is 1. The highest BCUT2D eigenvalue weighted by atomic mass is 19.4. The number of pyridine rings is 1. The number of rotatable bonds is 4. The van der Waals surface area contributed by atoms with Gasteiger partial charge in [0.25, 0.3) is 0 Å². The van der Waals surface area contributed by atoms with Gasteiger partial charge in [-0.3, -0.25) is 4.90 Å². The molecule has 2 atom stereocenters. The van der Waals surface area contributed by atoms with E-state index in [-0.39, 0.29) is 23.8 Å². The summed E-state index contributed by atoms with van der Waals surface area (Å²) < 4.78 is 81.4. The maximum absolute atomic E-state index is 14.0. The Balaban J connectivity index is 1.87. The number of hydrogen-bond donors (Lipinski definition) is 0. The summed E-state index contributed by atoms with van der Waals surface area (Å²) in [6, 6.07) is 6.50. The zero-order valence-corrected chi connectivity index (χ0v) is 18.7. The van der Waals surface area contributed by atoms with Crippen molar-refractivity contribution in [1.29, 1.82) is 5.26 Å². The summed E-state index contributed by atoms with van der Waals surface area (Å²) in [5.41, 5.74) is -1.48. The number of halogens is 6. The second-order valence-corrected chi connectivity index (χ2v) is 8.63. The lowest BCUT2D eigenvalue weighted by molar-refractivity contribution is -0.139. The Kier molecular flexibility index (Phi) is 6.64. The zero-order chi connectivity index (χ0) is 25.4. The van der Waals surface area contributed by atoms with Gasteiger partial charge < -0.3 is 4.90 Å². The molecule has 2 aliphatic heterocycles. The summed E-state index contributed by atoms with van der Waals surface area (Å²) in [5.74, 6) is 0. The molecule has 1 unspecified atom stereocenters. The smallest absolute Gasteiger partial charge is 0.361 e. The largest absolute Gasteiger partial charge is 0.418 e. The standard InChI is InChI=1S/C25H22F6N4/c1-34-12-3-5-21(34)17-4-2-13-35(15-17)23(16-6-8-18(9-7-16)24(26,27)28)22-20(25(29,30)31)11-10-19(14-32)33-22/h2,4,6-11,15,21,23H,3,5,12-13H2,1H3/t21-,23?/m0/s1. The molecule has 0 spiro atoms. The molecule has 0 radical (unpaired) electrons. The van der Waals surface area contributed by atoms with Crippen molar-refractivity contribution in [2.75, 3.05) is 20.1 Å². The van der Waals surface area contributed by atoms with Crippen LogP contribution in [0.25, 0.3) is 0 Å². The molecule has 0 aliphatic carbocycles. The van der Waals surface area contributed by atoms with Crippen molar-refractivity contribution < 1.29 is 26.3 Å². The average Bonchev–Trinajstić information content (AvgIpc) is 3.24. The van der Waals surface area contributed by atoms with Crippen molar-refractivity contribution in [2.24, 2.45) is 0 Å². The van der Waals surface area contributed by atoms with Gasteiger partial charge in [-0.05, 0) is 61.8 Å². The fourth-order valence-corrected chi connectivity index (χ4v) is 4.65. The van der Waals surface area contributed by atoms with Gasteiger partial charge in [-0.25, -0.2) is 4.98 Å². The van der Waals surface area contributed by atoms with E-state index in [9.17, 15) is 31.6 Å². The molecular weight excluding hydrogens is 470 g/mol. The van der Waals surface area contributed by atoms with Crippen molar-refractivity contribution in [2.45, 2.75) is 37.3 Å². The Morgan fingerprint density at radius 1 is 1.03 bits per heavy atom. The zero-order valence-electron chi connectivity index (χ0n) is 18.7. The Labute approximate surface area is 198 Å². The lowest BCUT2D eigenvalue weighted by Crippen LogP contribution is -2.33. The molecule has 0 amide bonds. The molecule has 35 heavy (non-hydrogen) atoms. The van der Waals surface area contributed by atoms with Gasteiger partial charge in [-0.2, -0.15) is 31.6 Å². The quantitative estimate of drug-likeness (QED) is 0.497. The Bertz CT molecular complexity index is 1170. The first-order valence-corrected chi connectivity index (χ1v) is 11.0. The lowest BCUT2D eigenvalue weighted by Gasteiger charge is -2.35. The van der Waals surface area contributed by atoms with Gasteiger partial charge in [0, 0.05) is 18.8 Å². The monoisotopic (exact) mass is 492 g/mol. The van der Waals surface area contributed by atoms with Crippen LogP contribution < -0.4 is 0 Å². The summed E-state index contributed by atoms with van der Waals surface area (Å²) in [7, 11) is 1.97. The van der Waals surface area contributed by atoms with E-state index in [4.69, 9.17) is 0 Å². The first-order valence-electron chi connectivity index (χ1n) is 11.0. The summed E-state index contributed by atoms with van der Waals surface area (Å²) >= 11 is 0. The van der Waals surface area contributed by atoms with Crippen LogP contribution in [0.2, 0.25) is 0 Å². The number of likely N-dealkylation sites (N-methyl/N-ethyl adjacent to an activating group) is 1. The predicted octanol–water partition coefficient (Wildman–Crippen LogP) is 5.93. The van der Waals surface area contributed by atoms with E-state index in [1.54, 1.807) is 17.2 Å². The molecule has 2 aliphatic rings. The highest BCUT2D eigenvalue weighted by molar-refractivity contribution is 5.41. The molecule has 10 heteroatoms. The van der Waals surface area contributed by atoms with Crippen molar-refractivity contribution >= 4 is 0 Å². The number of aromatic nitrogens is 1. The molecule has 2 aromatic rings. The van der Waals surface area contributed by atoms with Crippen LogP contribution >= 0.6 is 0 Å². The first-order chi connectivity index (χ1) is 16.5. The van der Waals surface area contributed by atoms with Crippen LogP contribution in [0.3, 0.4) is 0 Å². The van der Waals surface area contributed by atoms with E-state index in [0.29, 0.717) is 0 Å². The first kappa shape index (κ1) is 24.8. The molecule has 1 fully saturated rings. The molecule has 0 saturated carbocycles. The molecule has 3 heterocycles. The van der Waals surface area contributed by atoms with Gasteiger partial charge in [-0.15, -0.1) is 0 Å². The fraction of sp³-hybridized carbons (Fsp3) is 0.360. The minimum absolute atomic E-state index is 0.0859. The maximum Gasteiger partial charge on any atom is 0.418 e. The van der Waals surface area contributed by atoms with Gasteiger partial charge in [-0.1, -0.05) is 24.3 Å². The van der Waals surface area contributed by atoms with Crippen molar-refractivity contribution in [3.05, 3.63) is 88.4 Å². The highest BCUT2D eigenvalue weighted by Crippen LogP contribution is 2.40. The number of hydrogen-bond acceptors (Lipinski definition) is 4. The Hall–Kier alpha value is -3.32. The summed E-state index contributed by atoms with van der Waals surface area (Å²) in [5, 5.41) is 9.30. The van der Waals surface area contributed by atoms with Gasteiger partial charge in [0.1, 0.15) is 11.8 Å². The van der Waals surface area contributed by atoms with Crippen LogP contribution in [-0.2, 0) is 12.4 Å². The normalized spacial score (nSPS) is 20.0. The molecule has 1 aromatic heterocycles. The molecule has 1 aromatic carbocycles. The molecule has 0 N–H and O–H groups in total. The number of alkyl halides is 6. The van der Waals surface area contributed by atoms with Crippen LogP contribution in [-0.4, -0.2) is 41.0 Å². The van der Waals surface area contributed by atoms with Crippen LogP contribution in [0, 0.1) is 11.3 Å². The van der Waals surface area contributed by atoms with E-state index >= 15 is 0 Å². The Morgan fingerprint density at radius 3 is 2.31 bits per heavy atom. The van der Waals surface area contributed by atoms with E-state index < -0.39 is 35.2 Å². The third-order valence-electron chi connectivity index (χ3n) is 6.34. The number of nitrogens with zero attached hydrogens (tertiary/aromatic N) is 4. The van der Waals surface area contributed by atoms with Gasteiger partial charge in [0.2, 0.25) is 0 Å². The second-order valence-electron chi connectivity index (χ2n) is 8.63. The molecular formula is C25H22F6N4. The van der Waals surface area contributed by atoms with Crippen molar-refractivity contribution in [3.8, 4) is 6.07 Å². The minimum atomic E-state index is -4.77. The second kappa shape index (κ2) is 9.38. The van der Waals surface area contributed by atoms with Crippen LogP contribution in [0.1, 0.15) is 47.0 Å². The van der Waals surface area contributed by atoms with Gasteiger partial charge >= 0.3 is 12.4 Å². The Morgan fingerprint density at radius 2 is 1.74 bits per heavy atom. The van der Waals surface area contributed by atoms with Crippen molar-refractivity contribution in [3.63, 3.8) is 0 Å². The number of benzene rings is 1. The van der Waals surface area contributed by atoms with E-state index in [0.717, 1.165) is 49.2 Å². The van der Waals surface area contributed by atoms with Crippen LogP contribution in [0.4, 0.5) is 26.3 Å². The van der Waals surface area contributed by atoms with Crippen molar-refractivity contribution in [1.82, 2.24) is 14.8 Å². The van der Waals surface area contributed by atoms with E-state index in [2.05, 4.69) is 9.88 Å². The molecule has 1 saturated heterocycles. The van der Waals surface area contributed by atoms with E-state index in [1.807, 2.05) is 19.2 Å².